The Balaban J connectivity index is 1.06. The van der Waals surface area contributed by atoms with Crippen molar-refractivity contribution in [3.63, 3.8) is 0 Å². The van der Waals surface area contributed by atoms with Crippen LogP contribution in [0.25, 0.3) is 120 Å². The molecule has 11 aromatic rings. The number of hydrogen-bond donors (Lipinski definition) is 0. The topological polar surface area (TPSA) is 38.7 Å². The first-order valence-electron chi connectivity index (χ1n) is 18.6. The fraction of sp³-hybridized carbons (Fsp3) is 0. The highest BCUT2D eigenvalue weighted by molar-refractivity contribution is 7.26. The lowest BCUT2D eigenvalue weighted by Gasteiger charge is -2.11. The second-order valence-electron chi connectivity index (χ2n) is 14.3. The molecular weight excluding hydrogens is 687 g/mol. The van der Waals surface area contributed by atoms with Crippen LogP contribution in [-0.4, -0.2) is 15.0 Å². The van der Waals surface area contributed by atoms with Crippen molar-refractivity contribution in [1.29, 1.82) is 0 Å². The zero-order valence-electron chi connectivity index (χ0n) is 29.5. The van der Waals surface area contributed by atoms with Crippen molar-refractivity contribution in [2.24, 2.45) is 0 Å². The van der Waals surface area contributed by atoms with E-state index in [2.05, 4.69) is 176 Å². The molecule has 0 saturated heterocycles. The van der Waals surface area contributed by atoms with E-state index >= 15 is 0 Å². The molecule has 12 rings (SSSR count). The van der Waals surface area contributed by atoms with E-state index in [4.69, 9.17) is 15.0 Å². The van der Waals surface area contributed by atoms with Gasteiger partial charge in [0.05, 0.1) is 0 Å². The van der Waals surface area contributed by atoms with Crippen molar-refractivity contribution < 1.29 is 0 Å². The van der Waals surface area contributed by atoms with Crippen LogP contribution in [0.4, 0.5) is 0 Å². The zero-order chi connectivity index (χ0) is 36.0. The lowest BCUT2D eigenvalue weighted by molar-refractivity contribution is 1.08. The maximum atomic E-state index is 5.27. The van der Waals surface area contributed by atoms with Gasteiger partial charge in [-0.2, -0.15) is 0 Å². The standard InChI is InChI=1S/C51H29N3S/c1-2-11-35-29-36(26-21-30(35)9-1)50-52-49(34-24-22-32(23-25-34)38-16-5-12-31-10-3-4-15-37(31)38)53-51(54-50)43-19-8-20-44-46(43)42-28-27-40-39-17-6-13-33-14-7-18-41(45(33)39)47(40)48(42)55-44/h1-29H. The highest BCUT2D eigenvalue weighted by Gasteiger charge is 2.26. The van der Waals surface area contributed by atoms with E-state index in [0.29, 0.717) is 17.5 Å². The third-order valence-corrected chi connectivity index (χ3v) is 12.4. The molecule has 2 heterocycles. The average Bonchev–Trinajstić information content (AvgIpc) is 3.80. The maximum absolute atomic E-state index is 5.27. The zero-order valence-corrected chi connectivity index (χ0v) is 30.3. The quantitative estimate of drug-likeness (QED) is 0.182. The molecule has 0 unspecified atom stereocenters. The van der Waals surface area contributed by atoms with Gasteiger partial charge in [0.2, 0.25) is 0 Å². The summed E-state index contributed by atoms with van der Waals surface area (Å²) in [4.78, 5) is 15.7. The summed E-state index contributed by atoms with van der Waals surface area (Å²) in [5.74, 6) is 1.98. The Bertz CT molecular complexity index is 3370. The normalized spacial score (nSPS) is 12.0. The van der Waals surface area contributed by atoms with Crippen molar-refractivity contribution in [3.05, 3.63) is 176 Å². The Kier molecular flexibility index (Phi) is 6.50. The van der Waals surface area contributed by atoms with Crippen LogP contribution in [0.15, 0.2) is 176 Å². The van der Waals surface area contributed by atoms with Crippen LogP contribution in [0.5, 0.6) is 0 Å². The summed E-state index contributed by atoms with van der Waals surface area (Å²) >= 11 is 1.86. The Morgan fingerprint density at radius 2 is 0.945 bits per heavy atom. The number of fused-ring (bicyclic) bond motifs is 9. The number of hydrogen-bond acceptors (Lipinski definition) is 4. The molecule has 3 nitrogen and oxygen atoms in total. The Morgan fingerprint density at radius 3 is 1.80 bits per heavy atom. The van der Waals surface area contributed by atoms with Gasteiger partial charge in [0, 0.05) is 42.4 Å². The minimum atomic E-state index is 0.650. The monoisotopic (exact) mass is 715 g/mol. The van der Waals surface area contributed by atoms with Gasteiger partial charge in [-0.1, -0.05) is 164 Å². The van der Waals surface area contributed by atoms with Gasteiger partial charge in [0.1, 0.15) is 0 Å². The minimum Gasteiger partial charge on any atom is -0.208 e. The number of aromatic nitrogens is 3. The highest BCUT2D eigenvalue weighted by Crippen LogP contribution is 2.53. The van der Waals surface area contributed by atoms with E-state index < -0.39 is 0 Å². The first-order chi connectivity index (χ1) is 27.2. The summed E-state index contributed by atoms with van der Waals surface area (Å²) < 4.78 is 2.52. The number of rotatable bonds is 4. The van der Waals surface area contributed by atoms with Gasteiger partial charge in [-0.3, -0.25) is 0 Å². The predicted molar refractivity (Wildman–Crippen MR) is 231 cm³/mol. The Labute approximate surface area is 320 Å². The fourth-order valence-electron chi connectivity index (χ4n) is 8.70. The van der Waals surface area contributed by atoms with Gasteiger partial charge in [0.15, 0.2) is 17.5 Å². The van der Waals surface area contributed by atoms with E-state index in [1.807, 2.05) is 11.3 Å². The van der Waals surface area contributed by atoms with E-state index in [-0.39, 0.29) is 0 Å². The molecular formula is C51H29N3S. The van der Waals surface area contributed by atoms with Crippen LogP contribution in [0.2, 0.25) is 0 Å². The van der Waals surface area contributed by atoms with Gasteiger partial charge in [-0.05, 0) is 72.3 Å². The van der Waals surface area contributed by atoms with Crippen LogP contribution >= 0.6 is 11.3 Å². The smallest absolute Gasteiger partial charge is 0.164 e. The van der Waals surface area contributed by atoms with Crippen LogP contribution in [-0.2, 0) is 0 Å². The highest BCUT2D eigenvalue weighted by atomic mass is 32.1. The van der Waals surface area contributed by atoms with Crippen molar-refractivity contribution in [1.82, 2.24) is 15.0 Å². The molecule has 0 N–H and O–H groups in total. The lowest BCUT2D eigenvalue weighted by Crippen LogP contribution is -2.00. The van der Waals surface area contributed by atoms with E-state index in [1.165, 1.54) is 74.9 Å². The molecule has 0 atom stereocenters. The van der Waals surface area contributed by atoms with Gasteiger partial charge >= 0.3 is 0 Å². The minimum absolute atomic E-state index is 0.650. The lowest BCUT2D eigenvalue weighted by atomic mass is 9.97. The van der Waals surface area contributed by atoms with Gasteiger partial charge in [0.25, 0.3) is 0 Å². The van der Waals surface area contributed by atoms with Gasteiger partial charge in [-0.25, -0.2) is 15.0 Å². The maximum Gasteiger partial charge on any atom is 0.164 e. The molecule has 1 aliphatic carbocycles. The van der Waals surface area contributed by atoms with Crippen LogP contribution in [0.1, 0.15) is 0 Å². The molecule has 9 aromatic carbocycles. The van der Waals surface area contributed by atoms with Crippen molar-refractivity contribution in [2.45, 2.75) is 0 Å². The number of nitrogens with zero attached hydrogens (tertiary/aromatic N) is 3. The number of benzene rings is 9. The van der Waals surface area contributed by atoms with Crippen molar-refractivity contribution >= 4 is 63.8 Å². The molecule has 0 radical (unpaired) electrons. The van der Waals surface area contributed by atoms with Crippen LogP contribution in [0.3, 0.4) is 0 Å². The van der Waals surface area contributed by atoms with Gasteiger partial charge < -0.3 is 0 Å². The molecule has 0 spiro atoms. The van der Waals surface area contributed by atoms with Crippen molar-refractivity contribution in [2.75, 3.05) is 0 Å². The molecule has 0 saturated carbocycles. The van der Waals surface area contributed by atoms with E-state index in [9.17, 15) is 0 Å². The number of thiophene rings is 1. The summed E-state index contributed by atoms with van der Waals surface area (Å²) in [6.45, 7) is 0. The van der Waals surface area contributed by atoms with Crippen LogP contribution < -0.4 is 0 Å². The third kappa shape index (κ3) is 4.65. The van der Waals surface area contributed by atoms with Crippen LogP contribution in [0, 0.1) is 0 Å². The molecule has 254 valence electrons. The average molecular weight is 716 g/mol. The Hall–Kier alpha value is -7.01. The molecule has 2 aromatic heterocycles. The molecule has 55 heavy (non-hydrogen) atoms. The SMILES string of the molecule is c1ccc2cc(-c3nc(-c4ccc(-c5cccc6ccccc56)cc4)nc(-c4cccc5sc6c7c(ccc6c45)-c4cccc5cccc-7c45)n3)ccc2c1. The molecule has 4 heteroatoms. The van der Waals surface area contributed by atoms with Crippen molar-refractivity contribution in [3.8, 4) is 67.5 Å². The molecule has 0 bridgehead atoms. The second kappa shape index (κ2) is 11.7. The molecule has 0 aliphatic heterocycles. The van der Waals surface area contributed by atoms with Gasteiger partial charge in [-0.15, -0.1) is 11.3 Å². The predicted octanol–water partition coefficient (Wildman–Crippen LogP) is 14.0. The third-order valence-electron chi connectivity index (χ3n) is 11.3. The first kappa shape index (κ1) is 30.5. The summed E-state index contributed by atoms with van der Waals surface area (Å²) in [6.07, 6.45) is 0. The molecule has 0 amide bonds. The summed E-state index contributed by atoms with van der Waals surface area (Å²) in [6, 6.07) is 63.1. The summed E-state index contributed by atoms with van der Waals surface area (Å²) in [5, 5.41) is 9.84. The first-order valence-corrected chi connectivity index (χ1v) is 19.4. The fourth-order valence-corrected chi connectivity index (χ4v) is 9.99. The molecule has 0 fully saturated rings. The second-order valence-corrected chi connectivity index (χ2v) is 15.4. The molecule has 1 aliphatic rings. The summed E-state index contributed by atoms with van der Waals surface area (Å²) in [7, 11) is 0. The largest absolute Gasteiger partial charge is 0.208 e. The van der Waals surface area contributed by atoms with E-state index in [0.717, 1.165) is 27.6 Å². The summed E-state index contributed by atoms with van der Waals surface area (Å²) in [5.41, 5.74) is 10.5. The van der Waals surface area contributed by atoms with E-state index in [1.54, 1.807) is 0 Å². The Morgan fingerprint density at radius 1 is 0.327 bits per heavy atom.